The van der Waals surface area contributed by atoms with Gasteiger partial charge in [0, 0.05) is 12.8 Å². The zero-order chi connectivity index (χ0) is 18.0. The Morgan fingerprint density at radius 1 is 1.48 bits per heavy atom. The van der Waals surface area contributed by atoms with Crippen molar-refractivity contribution in [2.24, 2.45) is 0 Å². The van der Waals surface area contributed by atoms with Gasteiger partial charge in [-0.1, -0.05) is 11.8 Å². The van der Waals surface area contributed by atoms with Crippen molar-refractivity contribution < 1.29 is 18.3 Å². The number of alkyl halides is 2. The lowest BCUT2D eigenvalue weighted by Gasteiger charge is -2.28. The van der Waals surface area contributed by atoms with E-state index in [4.69, 9.17) is 4.74 Å². The van der Waals surface area contributed by atoms with Crippen molar-refractivity contribution in [3.05, 3.63) is 16.6 Å². The normalized spacial score (nSPS) is 17.7. The van der Waals surface area contributed by atoms with E-state index in [0.717, 1.165) is 11.8 Å². The molecule has 136 valence electrons. The zero-order valence-corrected chi connectivity index (χ0v) is 14.4. The number of halogens is 2. The molecular weight excluding hydrogens is 354 g/mol. The second kappa shape index (κ2) is 7.11. The van der Waals surface area contributed by atoms with Crippen molar-refractivity contribution in [3.8, 4) is 0 Å². The van der Waals surface area contributed by atoms with Gasteiger partial charge in [-0.05, 0) is 19.8 Å². The van der Waals surface area contributed by atoms with Crippen LogP contribution in [-0.4, -0.2) is 44.0 Å². The van der Waals surface area contributed by atoms with Crippen LogP contribution in [-0.2, 0) is 9.53 Å². The molecule has 0 unspecified atom stereocenters. The van der Waals surface area contributed by atoms with E-state index < -0.39 is 11.9 Å². The van der Waals surface area contributed by atoms with E-state index >= 15 is 0 Å². The number of hydrogen-bond acceptors (Lipinski definition) is 6. The number of aromatic amines is 1. The number of carbonyl (C=O) groups excluding carboxylic acids is 1. The minimum atomic E-state index is -2.63. The fraction of sp³-hybridized carbons (Fsp3) is 0.600. The molecule has 0 atom stereocenters. The van der Waals surface area contributed by atoms with Gasteiger partial charge in [0.15, 0.2) is 10.8 Å². The van der Waals surface area contributed by atoms with Gasteiger partial charge >= 0.3 is 5.97 Å². The molecule has 0 spiro atoms. The Morgan fingerprint density at radius 2 is 2.20 bits per heavy atom. The Bertz CT molecular complexity index is 826. The van der Waals surface area contributed by atoms with Crippen LogP contribution in [0.1, 0.15) is 38.6 Å². The van der Waals surface area contributed by atoms with Gasteiger partial charge in [-0.2, -0.15) is 5.10 Å². The Labute approximate surface area is 146 Å². The zero-order valence-electron chi connectivity index (χ0n) is 13.6. The second-order valence-corrected chi connectivity index (χ2v) is 6.84. The van der Waals surface area contributed by atoms with Gasteiger partial charge in [0.1, 0.15) is 5.39 Å². The molecule has 1 saturated carbocycles. The van der Waals surface area contributed by atoms with Crippen LogP contribution in [0.4, 0.5) is 8.78 Å². The number of carbonyl (C=O) groups is 1. The first kappa shape index (κ1) is 17.8. The van der Waals surface area contributed by atoms with Crippen LogP contribution in [0.25, 0.3) is 11.0 Å². The number of nitrogens with one attached hydrogen (secondary N) is 1. The number of thioether (sulfide) groups is 1. The fourth-order valence-corrected chi connectivity index (χ4v) is 3.50. The summed E-state index contributed by atoms with van der Waals surface area (Å²) in [5.41, 5.74) is -0.0194. The van der Waals surface area contributed by atoms with E-state index in [0.29, 0.717) is 11.0 Å². The predicted molar refractivity (Wildman–Crippen MR) is 88.0 cm³/mol. The highest BCUT2D eigenvalue weighted by molar-refractivity contribution is 7.99. The molecule has 2 aromatic heterocycles. The number of nitrogens with zero attached hydrogens (tertiary/aromatic N) is 3. The summed E-state index contributed by atoms with van der Waals surface area (Å²) in [5.74, 6) is -3.02. The van der Waals surface area contributed by atoms with Gasteiger partial charge in [0.25, 0.3) is 5.56 Å². The monoisotopic (exact) mass is 372 g/mol. The number of H-pyrrole nitrogens is 1. The Morgan fingerprint density at radius 3 is 2.88 bits per heavy atom. The lowest BCUT2D eigenvalue weighted by Crippen LogP contribution is -2.27. The average Bonchev–Trinajstić information content (AvgIpc) is 2.98. The molecular formula is C15H18F2N4O3S. The molecule has 2 aromatic rings. The van der Waals surface area contributed by atoms with Gasteiger partial charge < -0.3 is 9.72 Å². The van der Waals surface area contributed by atoms with Crippen molar-refractivity contribution in [2.45, 2.75) is 49.7 Å². The topological polar surface area (TPSA) is 89.9 Å². The Balaban J connectivity index is 1.83. The van der Waals surface area contributed by atoms with Crippen molar-refractivity contribution in [1.82, 2.24) is 19.7 Å². The summed E-state index contributed by atoms with van der Waals surface area (Å²) in [6.45, 7) is 1.99. The third-order valence-corrected chi connectivity index (χ3v) is 4.95. The highest BCUT2D eigenvalue weighted by Gasteiger charge is 2.36. The molecule has 1 fully saturated rings. The first-order valence-electron chi connectivity index (χ1n) is 8.03. The molecule has 0 radical (unpaired) electrons. The minimum Gasteiger partial charge on any atom is -0.465 e. The maximum atomic E-state index is 13.4. The molecule has 10 heteroatoms. The fourth-order valence-electron chi connectivity index (χ4n) is 2.85. The molecule has 1 aliphatic rings. The molecule has 25 heavy (non-hydrogen) atoms. The lowest BCUT2D eigenvalue weighted by molar-refractivity contribution is -0.139. The molecule has 0 bridgehead atoms. The van der Waals surface area contributed by atoms with Crippen LogP contribution in [0, 0.1) is 0 Å². The summed E-state index contributed by atoms with van der Waals surface area (Å²) in [4.78, 5) is 30.6. The molecule has 3 rings (SSSR count). The van der Waals surface area contributed by atoms with Crippen LogP contribution in [0.5, 0.6) is 0 Å². The summed E-state index contributed by atoms with van der Waals surface area (Å²) >= 11 is 1.05. The molecule has 0 aromatic carbocycles. The van der Waals surface area contributed by atoms with Crippen LogP contribution in [0.15, 0.2) is 16.1 Å². The SMILES string of the molecule is CCOC(=O)CSc1nc2c(cnn2C2CCC(F)(F)CC2)c(=O)[nH]1. The largest absolute Gasteiger partial charge is 0.465 e. The second-order valence-electron chi connectivity index (χ2n) is 5.88. The standard InChI is InChI=1S/C15H18F2N4O3S/c1-2-24-11(22)8-25-14-19-12-10(13(23)20-14)7-18-21(12)9-3-5-15(16,17)6-4-9/h7,9H,2-6,8H2,1H3,(H,19,20,23). The summed E-state index contributed by atoms with van der Waals surface area (Å²) in [6.07, 6.45) is 1.56. The first-order valence-corrected chi connectivity index (χ1v) is 9.02. The van der Waals surface area contributed by atoms with Crippen molar-refractivity contribution >= 4 is 28.8 Å². The molecule has 7 nitrogen and oxygen atoms in total. The first-order chi connectivity index (χ1) is 11.9. The molecule has 2 heterocycles. The molecule has 0 saturated heterocycles. The van der Waals surface area contributed by atoms with Crippen LogP contribution in [0.3, 0.4) is 0 Å². The van der Waals surface area contributed by atoms with Gasteiger partial charge in [-0.3, -0.25) is 9.59 Å². The smallest absolute Gasteiger partial charge is 0.316 e. The van der Waals surface area contributed by atoms with E-state index in [-0.39, 0.29) is 54.8 Å². The highest BCUT2D eigenvalue weighted by atomic mass is 32.2. The quantitative estimate of drug-likeness (QED) is 0.493. The molecule has 0 amide bonds. The average molecular weight is 372 g/mol. The van der Waals surface area contributed by atoms with Gasteiger partial charge in [0.2, 0.25) is 5.92 Å². The number of aromatic nitrogens is 4. The van der Waals surface area contributed by atoms with Crippen molar-refractivity contribution in [3.63, 3.8) is 0 Å². The Hall–Kier alpha value is -1.97. The third kappa shape index (κ3) is 4.00. The number of ether oxygens (including phenoxy) is 1. The van der Waals surface area contributed by atoms with Crippen molar-refractivity contribution in [1.29, 1.82) is 0 Å². The van der Waals surface area contributed by atoms with Crippen LogP contribution in [0.2, 0.25) is 0 Å². The molecule has 0 aliphatic heterocycles. The van der Waals surface area contributed by atoms with E-state index in [1.165, 1.54) is 6.20 Å². The molecule has 1 aliphatic carbocycles. The lowest BCUT2D eigenvalue weighted by atomic mass is 9.92. The number of fused-ring (bicyclic) bond motifs is 1. The molecule has 1 N–H and O–H groups in total. The summed E-state index contributed by atoms with van der Waals surface area (Å²) in [7, 11) is 0. The maximum absolute atomic E-state index is 13.4. The van der Waals surface area contributed by atoms with Crippen LogP contribution < -0.4 is 5.56 Å². The van der Waals surface area contributed by atoms with E-state index in [1.54, 1.807) is 11.6 Å². The number of esters is 1. The van der Waals surface area contributed by atoms with E-state index in [9.17, 15) is 18.4 Å². The van der Waals surface area contributed by atoms with Gasteiger partial charge in [-0.25, -0.2) is 18.4 Å². The van der Waals surface area contributed by atoms with Gasteiger partial charge in [0.05, 0.1) is 24.6 Å². The summed E-state index contributed by atoms with van der Waals surface area (Å²) < 4.78 is 33.1. The van der Waals surface area contributed by atoms with E-state index in [1.807, 2.05) is 0 Å². The van der Waals surface area contributed by atoms with Crippen LogP contribution >= 0.6 is 11.8 Å². The summed E-state index contributed by atoms with van der Waals surface area (Å²) in [6, 6.07) is -0.214. The Kier molecular flexibility index (Phi) is 5.07. The number of rotatable bonds is 5. The summed E-state index contributed by atoms with van der Waals surface area (Å²) in [5, 5.41) is 4.76. The van der Waals surface area contributed by atoms with E-state index in [2.05, 4.69) is 15.1 Å². The highest BCUT2D eigenvalue weighted by Crippen LogP contribution is 2.38. The number of hydrogen-bond donors (Lipinski definition) is 1. The maximum Gasteiger partial charge on any atom is 0.316 e. The minimum absolute atomic E-state index is 0.0199. The van der Waals surface area contributed by atoms with Crippen molar-refractivity contribution in [2.75, 3.05) is 12.4 Å². The predicted octanol–water partition coefficient (Wildman–Crippen LogP) is 2.53. The third-order valence-electron chi connectivity index (χ3n) is 4.11. The van der Waals surface area contributed by atoms with Gasteiger partial charge in [-0.15, -0.1) is 0 Å².